The third kappa shape index (κ3) is 995. The van der Waals surface area contributed by atoms with Crippen LogP contribution in [0.15, 0.2) is 18.9 Å². The van der Waals surface area contributed by atoms with E-state index in [0.29, 0.717) is 0 Å². The van der Waals surface area contributed by atoms with Crippen molar-refractivity contribution in [3.8, 4) is 0 Å². The molecule has 0 amide bonds. The Morgan fingerprint density at radius 1 is 0.889 bits per heavy atom. The molecule has 0 unspecified atom stereocenters. The smallest absolute Gasteiger partial charge is 0.0572 e. The molecule has 0 aliphatic heterocycles. The lowest BCUT2D eigenvalue weighted by molar-refractivity contribution is 1.09. The molecule has 0 saturated heterocycles. The molecule has 0 rings (SSSR count). The summed E-state index contributed by atoms with van der Waals surface area (Å²) in [7, 11) is 0. The van der Waals surface area contributed by atoms with Crippen molar-refractivity contribution in [3.63, 3.8) is 0 Å². The first-order chi connectivity index (χ1) is 4.24. The Hall–Kier alpha value is -0.480. The maximum absolute atomic E-state index is 3.12. The molecule has 9 heavy (non-hydrogen) atoms. The molecule has 0 heterocycles. The van der Waals surface area contributed by atoms with Crippen LogP contribution in [0.5, 0.6) is 0 Å². The Balaban J connectivity index is -0.0000000600. The predicted octanol–water partition coefficient (Wildman–Crippen LogP) is 3.79. The fourth-order valence-corrected chi connectivity index (χ4v) is 0. The second-order valence-electron chi connectivity index (χ2n) is 1.66. The zero-order chi connectivity index (χ0) is 8.12. The summed E-state index contributed by atoms with van der Waals surface area (Å²) in [4.78, 5) is 0. The van der Waals surface area contributed by atoms with Crippen molar-refractivity contribution in [3.05, 3.63) is 18.9 Å². The molecule has 0 spiro atoms. The Morgan fingerprint density at radius 3 is 0.889 bits per heavy atom. The zero-order valence-electron chi connectivity index (χ0n) is 7.33. The molecule has 0 aromatic heterocycles. The van der Waals surface area contributed by atoms with Crippen molar-refractivity contribution in [1.29, 1.82) is 0 Å². The summed E-state index contributed by atoms with van der Waals surface area (Å²) in [5.41, 5.74) is 2.25. The third-order valence-corrected chi connectivity index (χ3v) is 0. The molecule has 0 nitrogen and oxygen atoms in total. The highest BCUT2D eigenvalue weighted by molar-refractivity contribution is 4.51. The summed E-state index contributed by atoms with van der Waals surface area (Å²) in [6.07, 6.45) is 2.50. The SMILES string of the molecule is C=C=C.CCC.CCC. The zero-order valence-corrected chi connectivity index (χ0v) is 7.33. The van der Waals surface area contributed by atoms with Gasteiger partial charge >= 0.3 is 0 Å². The summed E-state index contributed by atoms with van der Waals surface area (Å²) in [5, 5.41) is 0. The Morgan fingerprint density at radius 2 is 0.889 bits per heavy atom. The van der Waals surface area contributed by atoms with E-state index in [1.807, 2.05) is 0 Å². The van der Waals surface area contributed by atoms with E-state index in [1.165, 1.54) is 12.8 Å². The van der Waals surface area contributed by atoms with Gasteiger partial charge in [0.05, 0.1) is 0 Å². The summed E-state index contributed by atoms with van der Waals surface area (Å²) >= 11 is 0. The highest BCUT2D eigenvalue weighted by Gasteiger charge is 1.36. The van der Waals surface area contributed by atoms with Crippen LogP contribution in [0.25, 0.3) is 0 Å². The van der Waals surface area contributed by atoms with Gasteiger partial charge in [0.15, 0.2) is 0 Å². The molecule has 56 valence electrons. The lowest BCUT2D eigenvalue weighted by Gasteiger charge is -1.48. The lowest BCUT2D eigenvalue weighted by Crippen LogP contribution is -1.27. The van der Waals surface area contributed by atoms with E-state index in [-0.39, 0.29) is 0 Å². The molecule has 0 aromatic rings. The van der Waals surface area contributed by atoms with Crippen LogP contribution < -0.4 is 0 Å². The highest BCUT2D eigenvalue weighted by Crippen LogP contribution is 1.56. The average molecular weight is 128 g/mol. The van der Waals surface area contributed by atoms with Crippen molar-refractivity contribution in [2.24, 2.45) is 0 Å². The topological polar surface area (TPSA) is 0 Å². The molecule has 0 N–H and O–H groups in total. The molecule has 0 atom stereocenters. The van der Waals surface area contributed by atoms with Gasteiger partial charge in [0, 0.05) is 0 Å². The molecule has 0 saturated carbocycles. The average Bonchev–Trinajstić information content (AvgIpc) is 1.70. The fourth-order valence-electron chi connectivity index (χ4n) is 0. The largest absolute Gasteiger partial charge is 0.137 e. The minimum Gasteiger partial charge on any atom is -0.137 e. The van der Waals surface area contributed by atoms with Crippen LogP contribution in [-0.4, -0.2) is 0 Å². The minimum atomic E-state index is 1.25. The molecule has 0 heteroatoms. The summed E-state index contributed by atoms with van der Waals surface area (Å²) < 4.78 is 0. The van der Waals surface area contributed by atoms with Crippen molar-refractivity contribution in [2.45, 2.75) is 40.5 Å². The molecule has 0 radical (unpaired) electrons. The minimum absolute atomic E-state index is 1.25. The number of rotatable bonds is 0. The monoisotopic (exact) mass is 128 g/mol. The lowest BCUT2D eigenvalue weighted by atomic mass is 10.6. The Kier molecular flexibility index (Phi) is 88.4. The predicted molar refractivity (Wildman–Crippen MR) is 46.7 cm³/mol. The quantitative estimate of drug-likeness (QED) is 0.435. The van der Waals surface area contributed by atoms with Crippen molar-refractivity contribution < 1.29 is 0 Å². The second-order valence-corrected chi connectivity index (χ2v) is 1.66. The summed E-state index contributed by atoms with van der Waals surface area (Å²) in [6, 6.07) is 0. The van der Waals surface area contributed by atoms with Crippen LogP contribution in [0.4, 0.5) is 0 Å². The maximum Gasteiger partial charge on any atom is -0.0572 e. The van der Waals surface area contributed by atoms with Crippen molar-refractivity contribution in [2.75, 3.05) is 0 Å². The van der Waals surface area contributed by atoms with E-state index in [1.54, 1.807) is 0 Å². The van der Waals surface area contributed by atoms with Gasteiger partial charge in [-0.2, -0.15) is 0 Å². The van der Waals surface area contributed by atoms with Crippen LogP contribution in [0.1, 0.15) is 40.5 Å². The molecule has 0 fully saturated rings. The molecule has 0 bridgehead atoms. The first kappa shape index (κ1) is 15.8. The van der Waals surface area contributed by atoms with E-state index in [0.717, 1.165) is 0 Å². The molecule has 0 aliphatic rings. The van der Waals surface area contributed by atoms with Crippen LogP contribution in [0.3, 0.4) is 0 Å². The van der Waals surface area contributed by atoms with Gasteiger partial charge in [0.1, 0.15) is 0 Å². The number of hydrogen-bond donors (Lipinski definition) is 0. The van der Waals surface area contributed by atoms with Gasteiger partial charge in [-0.15, -0.1) is 5.73 Å². The fraction of sp³-hybridized carbons (Fsp3) is 0.667. The van der Waals surface area contributed by atoms with E-state index >= 15 is 0 Å². The van der Waals surface area contributed by atoms with Crippen LogP contribution >= 0.6 is 0 Å². The third-order valence-electron chi connectivity index (χ3n) is 0. The Labute approximate surface area is 60.3 Å². The highest BCUT2D eigenvalue weighted by atomic mass is 13.4. The van der Waals surface area contributed by atoms with Gasteiger partial charge in [-0.25, -0.2) is 0 Å². The summed E-state index contributed by atoms with van der Waals surface area (Å²) in [6.45, 7) is 14.8. The molecule has 0 aliphatic carbocycles. The first-order valence-electron chi connectivity index (χ1n) is 3.54. The number of hydrogen-bond acceptors (Lipinski definition) is 0. The van der Waals surface area contributed by atoms with E-state index in [9.17, 15) is 0 Å². The van der Waals surface area contributed by atoms with Gasteiger partial charge in [-0.1, -0.05) is 53.7 Å². The normalized spacial score (nSPS) is 4.89. The first-order valence-corrected chi connectivity index (χ1v) is 3.54. The van der Waals surface area contributed by atoms with Crippen LogP contribution in [0, 0.1) is 0 Å². The Bertz CT molecular complexity index is 36.0. The molecule has 0 aromatic carbocycles. The summed E-state index contributed by atoms with van der Waals surface area (Å²) in [5.74, 6) is 0. The van der Waals surface area contributed by atoms with Crippen LogP contribution in [-0.2, 0) is 0 Å². The van der Waals surface area contributed by atoms with E-state index in [4.69, 9.17) is 0 Å². The van der Waals surface area contributed by atoms with Gasteiger partial charge in [-0.3, -0.25) is 0 Å². The van der Waals surface area contributed by atoms with Gasteiger partial charge in [0.25, 0.3) is 0 Å². The van der Waals surface area contributed by atoms with Crippen LogP contribution in [0.2, 0.25) is 0 Å². The van der Waals surface area contributed by atoms with Gasteiger partial charge in [0.2, 0.25) is 0 Å². The van der Waals surface area contributed by atoms with Gasteiger partial charge in [-0.05, 0) is 0 Å². The molecular weight excluding hydrogens is 108 g/mol. The molecular formula is C9H20. The van der Waals surface area contributed by atoms with Crippen molar-refractivity contribution >= 4 is 0 Å². The van der Waals surface area contributed by atoms with E-state index in [2.05, 4.69) is 46.6 Å². The van der Waals surface area contributed by atoms with Crippen molar-refractivity contribution in [1.82, 2.24) is 0 Å². The van der Waals surface area contributed by atoms with E-state index < -0.39 is 0 Å². The standard InChI is InChI=1S/2C3H8.C3H4/c3*1-3-2/h2*3H2,1-2H3;1-2H2. The maximum atomic E-state index is 3.12. The van der Waals surface area contributed by atoms with Gasteiger partial charge < -0.3 is 0 Å². The second kappa shape index (κ2) is 50.3.